The third kappa shape index (κ3) is 6.39. The molecule has 12 heteroatoms. The average molecular weight is 526 g/mol. The van der Waals surface area contributed by atoms with E-state index in [-0.39, 0.29) is 24.8 Å². The lowest BCUT2D eigenvalue weighted by atomic mass is 10.2. The minimum Gasteiger partial charge on any atom is -0.481 e. The lowest BCUT2D eigenvalue weighted by molar-refractivity contribution is -0.141. The molecule has 0 spiro atoms. The number of carboxylic acids is 1. The first-order chi connectivity index (χ1) is 17.7. The van der Waals surface area contributed by atoms with Crippen molar-refractivity contribution in [2.75, 3.05) is 5.32 Å². The molecule has 0 unspecified atom stereocenters. The summed E-state index contributed by atoms with van der Waals surface area (Å²) in [7, 11) is 0. The van der Waals surface area contributed by atoms with Crippen LogP contribution in [0.25, 0.3) is 0 Å². The van der Waals surface area contributed by atoms with Crippen LogP contribution in [0.4, 0.5) is 16.0 Å². The van der Waals surface area contributed by atoms with Gasteiger partial charge in [0.25, 0.3) is 0 Å². The third-order valence-electron chi connectivity index (χ3n) is 5.31. The van der Waals surface area contributed by atoms with Crippen LogP contribution in [0.3, 0.4) is 0 Å². The number of nitrogens with zero attached hydrogens (tertiary/aromatic N) is 4. The Morgan fingerprint density at radius 2 is 1.78 bits per heavy atom. The van der Waals surface area contributed by atoms with Crippen molar-refractivity contribution in [2.45, 2.75) is 20.0 Å². The van der Waals surface area contributed by atoms with Crippen molar-refractivity contribution >= 4 is 29.2 Å². The number of aliphatic carboxylic acids is 1. The molecule has 1 atom stereocenters. The second kappa shape index (κ2) is 11.0. The maximum atomic E-state index is 13.3. The van der Waals surface area contributed by atoms with E-state index in [9.17, 15) is 23.9 Å². The van der Waals surface area contributed by atoms with E-state index in [2.05, 4.69) is 15.3 Å². The molecular formula is C25H21ClFN5O5. The molecule has 0 aliphatic rings. The molecule has 0 amide bonds. The molecule has 4 rings (SSSR count). The number of anilines is 2. The predicted octanol–water partition coefficient (Wildman–Crippen LogP) is 3.90. The maximum absolute atomic E-state index is 13.3. The summed E-state index contributed by atoms with van der Waals surface area (Å²) in [5.41, 5.74) is -0.409. The van der Waals surface area contributed by atoms with Gasteiger partial charge < -0.3 is 15.2 Å². The fraction of sp³-hybridized carbons (Fsp3) is 0.160. The Morgan fingerprint density at radius 3 is 2.43 bits per heavy atom. The second-order valence-electron chi connectivity index (χ2n) is 8.15. The van der Waals surface area contributed by atoms with Crippen LogP contribution in [0.5, 0.6) is 11.5 Å². The van der Waals surface area contributed by atoms with Gasteiger partial charge in [0.15, 0.2) is 0 Å². The van der Waals surface area contributed by atoms with Gasteiger partial charge in [0.05, 0.1) is 24.9 Å². The van der Waals surface area contributed by atoms with Crippen molar-refractivity contribution in [3.8, 4) is 11.5 Å². The monoisotopic (exact) mass is 525 g/mol. The SMILES string of the molecule is C[C@@H](Cn1c(=O)nc(Nc2ccc(Oc3cncc(F)c3)cc2)n(Cc2ccc(Cl)cc2)c1=O)C(=O)O. The van der Waals surface area contributed by atoms with Gasteiger partial charge in [-0.2, -0.15) is 4.98 Å². The zero-order chi connectivity index (χ0) is 26.5. The molecule has 4 aromatic rings. The fourth-order valence-corrected chi connectivity index (χ4v) is 3.49. The summed E-state index contributed by atoms with van der Waals surface area (Å²) in [5, 5.41) is 12.7. The van der Waals surface area contributed by atoms with Crippen molar-refractivity contribution < 1.29 is 19.0 Å². The van der Waals surface area contributed by atoms with Gasteiger partial charge in [-0.05, 0) is 42.0 Å². The summed E-state index contributed by atoms with van der Waals surface area (Å²) in [6.07, 6.45) is 2.43. The minimum atomic E-state index is -1.14. The molecule has 10 nitrogen and oxygen atoms in total. The summed E-state index contributed by atoms with van der Waals surface area (Å²) in [4.78, 5) is 45.0. The number of hydrogen-bond acceptors (Lipinski definition) is 7. The highest BCUT2D eigenvalue weighted by Crippen LogP contribution is 2.24. The van der Waals surface area contributed by atoms with E-state index in [1.807, 2.05) is 0 Å². The van der Waals surface area contributed by atoms with E-state index in [1.165, 1.54) is 23.8 Å². The van der Waals surface area contributed by atoms with E-state index in [4.69, 9.17) is 16.3 Å². The number of halogens is 2. The molecule has 2 aromatic heterocycles. The van der Waals surface area contributed by atoms with Crippen LogP contribution in [0, 0.1) is 11.7 Å². The minimum absolute atomic E-state index is 0.0350. The maximum Gasteiger partial charge on any atom is 0.354 e. The standard InChI is InChI=1S/C25H21ClFN5O5/c1-15(22(33)34)13-32-24(35)30-23(31(25(32)36)14-16-2-4-17(26)5-3-16)29-19-6-8-20(9-7-19)37-21-10-18(27)11-28-12-21/h2-12,15H,13-14H2,1H3,(H,33,34)(H,29,30,35)/t15-/m0/s1. The summed E-state index contributed by atoms with van der Waals surface area (Å²) >= 11 is 5.96. The van der Waals surface area contributed by atoms with Gasteiger partial charge in [0.2, 0.25) is 5.95 Å². The first-order valence-electron chi connectivity index (χ1n) is 11.0. The van der Waals surface area contributed by atoms with Crippen molar-refractivity contribution in [1.29, 1.82) is 0 Å². The van der Waals surface area contributed by atoms with Gasteiger partial charge in [-0.25, -0.2) is 18.5 Å². The number of benzene rings is 2. The van der Waals surface area contributed by atoms with Crippen LogP contribution >= 0.6 is 11.6 Å². The number of carboxylic acid groups (broad SMARTS) is 1. The van der Waals surface area contributed by atoms with Crippen LogP contribution < -0.4 is 21.4 Å². The molecule has 0 aliphatic heterocycles. The highest BCUT2D eigenvalue weighted by molar-refractivity contribution is 6.30. The Bertz CT molecular complexity index is 1540. The summed E-state index contributed by atoms with van der Waals surface area (Å²) < 4.78 is 21.0. The largest absolute Gasteiger partial charge is 0.481 e. The van der Waals surface area contributed by atoms with Crippen molar-refractivity contribution in [1.82, 2.24) is 19.1 Å². The molecule has 0 bridgehead atoms. The van der Waals surface area contributed by atoms with Crippen molar-refractivity contribution in [3.63, 3.8) is 0 Å². The topological polar surface area (TPSA) is 128 Å². The van der Waals surface area contributed by atoms with E-state index >= 15 is 0 Å². The highest BCUT2D eigenvalue weighted by atomic mass is 35.5. The number of rotatable bonds is 9. The summed E-state index contributed by atoms with van der Waals surface area (Å²) in [6, 6.07) is 14.4. The molecule has 0 saturated heterocycles. The van der Waals surface area contributed by atoms with Crippen molar-refractivity contribution in [2.24, 2.45) is 5.92 Å². The molecule has 190 valence electrons. The van der Waals surface area contributed by atoms with Gasteiger partial charge in [-0.3, -0.25) is 14.3 Å². The smallest absolute Gasteiger partial charge is 0.354 e. The van der Waals surface area contributed by atoms with Crippen LogP contribution in [0.15, 0.2) is 76.6 Å². The molecule has 2 aromatic carbocycles. The number of aromatic nitrogens is 4. The third-order valence-corrected chi connectivity index (χ3v) is 5.56. The van der Waals surface area contributed by atoms with Crippen LogP contribution in [-0.4, -0.2) is 30.2 Å². The Labute approximate surface area is 214 Å². The number of hydrogen-bond donors (Lipinski definition) is 2. The molecule has 0 radical (unpaired) electrons. The highest BCUT2D eigenvalue weighted by Gasteiger charge is 2.19. The quantitative estimate of drug-likeness (QED) is 0.337. The van der Waals surface area contributed by atoms with Crippen LogP contribution in [0.2, 0.25) is 5.02 Å². The zero-order valence-electron chi connectivity index (χ0n) is 19.5. The summed E-state index contributed by atoms with van der Waals surface area (Å²) in [5.74, 6) is -2.06. The average Bonchev–Trinajstić information content (AvgIpc) is 2.86. The Morgan fingerprint density at radius 1 is 1.08 bits per heavy atom. The van der Waals surface area contributed by atoms with Gasteiger partial charge in [0.1, 0.15) is 17.3 Å². The van der Waals surface area contributed by atoms with E-state index < -0.39 is 29.1 Å². The zero-order valence-corrected chi connectivity index (χ0v) is 20.2. The van der Waals surface area contributed by atoms with Gasteiger partial charge in [0, 0.05) is 23.3 Å². The Kier molecular flexibility index (Phi) is 7.63. The lowest BCUT2D eigenvalue weighted by Crippen LogP contribution is -2.44. The first-order valence-corrected chi connectivity index (χ1v) is 11.4. The van der Waals surface area contributed by atoms with Crippen LogP contribution in [-0.2, 0) is 17.9 Å². The molecule has 2 heterocycles. The van der Waals surface area contributed by atoms with Gasteiger partial charge >= 0.3 is 17.3 Å². The molecule has 0 saturated carbocycles. The lowest BCUT2D eigenvalue weighted by Gasteiger charge is -2.17. The predicted molar refractivity (Wildman–Crippen MR) is 134 cm³/mol. The molecule has 2 N–H and O–H groups in total. The van der Waals surface area contributed by atoms with E-state index in [0.29, 0.717) is 22.0 Å². The number of pyridine rings is 1. The van der Waals surface area contributed by atoms with Crippen LogP contribution in [0.1, 0.15) is 12.5 Å². The molecule has 37 heavy (non-hydrogen) atoms. The fourth-order valence-electron chi connectivity index (χ4n) is 3.37. The molecular weight excluding hydrogens is 505 g/mol. The van der Waals surface area contributed by atoms with Gasteiger partial charge in [-0.15, -0.1) is 0 Å². The van der Waals surface area contributed by atoms with E-state index in [0.717, 1.165) is 10.8 Å². The first kappa shape index (κ1) is 25.6. The number of carbonyl (C=O) groups is 1. The van der Waals surface area contributed by atoms with E-state index in [1.54, 1.807) is 48.5 Å². The normalized spacial score (nSPS) is 11.6. The molecule has 0 aliphatic carbocycles. The number of ether oxygens (including phenoxy) is 1. The summed E-state index contributed by atoms with van der Waals surface area (Å²) in [6.45, 7) is 1.11. The Balaban J connectivity index is 1.65. The molecule has 0 fully saturated rings. The Hall–Kier alpha value is -4.51. The second-order valence-corrected chi connectivity index (χ2v) is 8.59. The number of nitrogens with one attached hydrogen (secondary N) is 1. The van der Waals surface area contributed by atoms with Crippen molar-refractivity contribution in [3.05, 3.63) is 104 Å². The van der Waals surface area contributed by atoms with Gasteiger partial charge in [-0.1, -0.05) is 30.7 Å².